The van der Waals surface area contributed by atoms with Crippen LogP contribution < -0.4 is 4.72 Å². The number of hydrogen-bond donors (Lipinski definition) is 1. The van der Waals surface area contributed by atoms with Crippen molar-refractivity contribution in [2.24, 2.45) is 0 Å². The van der Waals surface area contributed by atoms with E-state index in [4.69, 9.17) is 8.94 Å². The first-order chi connectivity index (χ1) is 11.5. The van der Waals surface area contributed by atoms with Gasteiger partial charge in [-0.1, -0.05) is 11.6 Å². The molecule has 24 heavy (non-hydrogen) atoms. The Morgan fingerprint density at radius 3 is 2.62 bits per heavy atom. The Morgan fingerprint density at radius 1 is 1.29 bits per heavy atom. The van der Waals surface area contributed by atoms with E-state index >= 15 is 0 Å². The highest BCUT2D eigenvalue weighted by atomic mass is 32.2. The van der Waals surface area contributed by atoms with Crippen LogP contribution in [0.5, 0.6) is 0 Å². The average molecular weight is 353 g/mol. The van der Waals surface area contributed by atoms with Crippen LogP contribution in [0.4, 0.5) is 0 Å². The molecule has 1 fully saturated rings. The fourth-order valence-corrected chi connectivity index (χ4v) is 4.60. The third-order valence-electron chi connectivity index (χ3n) is 4.41. The maximum absolute atomic E-state index is 12.6. The van der Waals surface area contributed by atoms with E-state index in [1.807, 2.05) is 12.1 Å². The van der Waals surface area contributed by atoms with E-state index in [2.05, 4.69) is 14.8 Å². The van der Waals surface area contributed by atoms with E-state index < -0.39 is 10.0 Å². The molecule has 0 saturated carbocycles. The summed E-state index contributed by atoms with van der Waals surface area (Å²) < 4.78 is 38.5. The zero-order chi connectivity index (χ0) is 17.2. The first-order valence-corrected chi connectivity index (χ1v) is 9.67. The largest absolute Gasteiger partial charge is 0.468 e. The van der Waals surface area contributed by atoms with Gasteiger partial charge >= 0.3 is 0 Å². The van der Waals surface area contributed by atoms with Gasteiger partial charge in [0.1, 0.15) is 16.3 Å². The van der Waals surface area contributed by atoms with Gasteiger partial charge in [0.05, 0.1) is 12.3 Å². The normalized spacial score (nSPS) is 17.9. The van der Waals surface area contributed by atoms with Crippen LogP contribution >= 0.6 is 0 Å². The van der Waals surface area contributed by atoms with Crippen molar-refractivity contribution in [3.63, 3.8) is 0 Å². The average Bonchev–Trinajstić information content (AvgIpc) is 3.19. The SMILES string of the molecule is Cc1noc(C)c1S(=O)(=O)NC[C@H](c1ccco1)N1CCCCC1. The van der Waals surface area contributed by atoms with Crippen molar-refractivity contribution in [2.45, 2.75) is 44.0 Å². The van der Waals surface area contributed by atoms with E-state index in [-0.39, 0.29) is 17.5 Å². The molecule has 1 aliphatic rings. The van der Waals surface area contributed by atoms with Crippen LogP contribution in [0.1, 0.15) is 42.5 Å². The van der Waals surface area contributed by atoms with Gasteiger partial charge in [-0.15, -0.1) is 0 Å². The predicted octanol–water partition coefficient (Wildman–Crippen LogP) is 2.39. The Kier molecular flexibility index (Phi) is 5.07. The van der Waals surface area contributed by atoms with Crippen LogP contribution in [0, 0.1) is 13.8 Å². The van der Waals surface area contributed by atoms with Crippen LogP contribution in [-0.2, 0) is 10.0 Å². The molecule has 0 aromatic carbocycles. The summed E-state index contributed by atoms with van der Waals surface area (Å²) in [5.41, 5.74) is 0.368. The molecule has 0 aliphatic carbocycles. The number of furan rings is 1. The van der Waals surface area contributed by atoms with Gasteiger partial charge in [0.25, 0.3) is 0 Å². The molecule has 0 amide bonds. The summed E-state index contributed by atoms with van der Waals surface area (Å²) in [4.78, 5) is 2.40. The molecular formula is C16H23N3O4S. The van der Waals surface area contributed by atoms with Crippen molar-refractivity contribution in [2.75, 3.05) is 19.6 Å². The number of nitrogens with one attached hydrogen (secondary N) is 1. The molecule has 2 aromatic rings. The molecular weight excluding hydrogens is 330 g/mol. The summed E-state index contributed by atoms with van der Waals surface area (Å²) in [7, 11) is -3.68. The smallest absolute Gasteiger partial charge is 0.246 e. The molecule has 7 nitrogen and oxygen atoms in total. The fraction of sp³-hybridized carbons (Fsp3) is 0.562. The van der Waals surface area contributed by atoms with E-state index in [1.54, 1.807) is 20.1 Å². The van der Waals surface area contributed by atoms with E-state index in [0.29, 0.717) is 11.5 Å². The number of aromatic nitrogens is 1. The fourth-order valence-electron chi connectivity index (χ4n) is 3.24. The molecule has 1 atom stereocenters. The molecule has 8 heteroatoms. The van der Waals surface area contributed by atoms with Crippen LogP contribution in [0.3, 0.4) is 0 Å². The molecule has 0 unspecified atom stereocenters. The van der Waals surface area contributed by atoms with Crippen LogP contribution in [0.15, 0.2) is 32.2 Å². The summed E-state index contributed by atoms with van der Waals surface area (Å²) in [6.45, 7) is 5.36. The van der Waals surface area contributed by atoms with Gasteiger partial charge in [0, 0.05) is 6.54 Å². The summed E-state index contributed by atoms with van der Waals surface area (Å²) >= 11 is 0. The predicted molar refractivity (Wildman–Crippen MR) is 88.0 cm³/mol. The topological polar surface area (TPSA) is 88.6 Å². The third-order valence-corrected chi connectivity index (χ3v) is 6.07. The van der Waals surface area contributed by atoms with Gasteiger partial charge < -0.3 is 8.94 Å². The standard InChI is InChI=1S/C16H23N3O4S/c1-12-16(13(2)23-18-12)24(20,21)17-11-14(15-7-6-10-22-15)19-8-4-3-5-9-19/h6-7,10,14,17H,3-5,8-9,11H2,1-2H3/t14-/m1/s1. The van der Waals surface area contributed by atoms with Crippen molar-refractivity contribution >= 4 is 10.0 Å². The highest BCUT2D eigenvalue weighted by Crippen LogP contribution is 2.26. The maximum atomic E-state index is 12.6. The van der Waals surface area contributed by atoms with Gasteiger partial charge in [-0.3, -0.25) is 4.90 Å². The van der Waals surface area contributed by atoms with Gasteiger partial charge in [-0.2, -0.15) is 0 Å². The zero-order valence-corrected chi connectivity index (χ0v) is 14.8. The number of likely N-dealkylation sites (tertiary alicyclic amines) is 1. The monoisotopic (exact) mass is 353 g/mol. The van der Waals surface area contributed by atoms with Gasteiger partial charge in [-0.25, -0.2) is 13.1 Å². The Bertz CT molecular complexity index is 742. The molecule has 0 radical (unpaired) electrons. The lowest BCUT2D eigenvalue weighted by molar-refractivity contribution is 0.147. The van der Waals surface area contributed by atoms with Crippen LogP contribution in [-0.4, -0.2) is 38.1 Å². The summed E-state index contributed by atoms with van der Waals surface area (Å²) in [6, 6.07) is 3.61. The summed E-state index contributed by atoms with van der Waals surface area (Å²) in [5, 5.41) is 3.73. The molecule has 0 bridgehead atoms. The van der Waals surface area contributed by atoms with Crippen LogP contribution in [0.2, 0.25) is 0 Å². The highest BCUT2D eigenvalue weighted by Gasteiger charge is 2.29. The molecule has 3 heterocycles. The number of sulfonamides is 1. The van der Waals surface area contributed by atoms with Crippen molar-refractivity contribution < 1.29 is 17.4 Å². The van der Waals surface area contributed by atoms with Crippen molar-refractivity contribution in [1.29, 1.82) is 0 Å². The van der Waals surface area contributed by atoms with Gasteiger partial charge in [-0.05, 0) is 51.9 Å². The third kappa shape index (κ3) is 3.55. The Hall–Kier alpha value is -1.64. The zero-order valence-electron chi connectivity index (χ0n) is 14.0. The second kappa shape index (κ2) is 7.08. The molecule has 3 rings (SSSR count). The van der Waals surface area contributed by atoms with Crippen molar-refractivity contribution in [1.82, 2.24) is 14.8 Å². The molecule has 1 saturated heterocycles. The molecule has 0 spiro atoms. The Morgan fingerprint density at radius 2 is 2.04 bits per heavy atom. The first-order valence-electron chi connectivity index (χ1n) is 8.19. The van der Waals surface area contributed by atoms with Gasteiger partial charge in [0.2, 0.25) is 10.0 Å². The number of hydrogen-bond acceptors (Lipinski definition) is 6. The molecule has 1 N–H and O–H groups in total. The number of nitrogens with zero attached hydrogens (tertiary/aromatic N) is 2. The maximum Gasteiger partial charge on any atom is 0.246 e. The number of rotatable bonds is 6. The number of piperidine rings is 1. The van der Waals surface area contributed by atoms with E-state index in [0.717, 1.165) is 31.7 Å². The minimum Gasteiger partial charge on any atom is -0.468 e. The van der Waals surface area contributed by atoms with Crippen molar-refractivity contribution in [3.8, 4) is 0 Å². The highest BCUT2D eigenvalue weighted by molar-refractivity contribution is 7.89. The minimum atomic E-state index is -3.68. The lowest BCUT2D eigenvalue weighted by Crippen LogP contribution is -2.40. The molecule has 1 aliphatic heterocycles. The number of aryl methyl sites for hydroxylation is 2. The quantitative estimate of drug-likeness (QED) is 0.858. The second-order valence-corrected chi connectivity index (χ2v) is 7.84. The van der Waals surface area contributed by atoms with E-state index in [9.17, 15) is 8.42 Å². The lowest BCUT2D eigenvalue weighted by Gasteiger charge is -2.33. The summed E-state index contributed by atoms with van der Waals surface area (Å²) in [6.07, 6.45) is 5.07. The van der Waals surface area contributed by atoms with Crippen molar-refractivity contribution in [3.05, 3.63) is 35.6 Å². The van der Waals surface area contributed by atoms with Gasteiger partial charge in [0.15, 0.2) is 5.76 Å². The Labute approximate surface area is 142 Å². The second-order valence-electron chi connectivity index (χ2n) is 6.13. The molecule has 2 aromatic heterocycles. The summed E-state index contributed by atoms with van der Waals surface area (Å²) in [5.74, 6) is 1.07. The van der Waals surface area contributed by atoms with E-state index in [1.165, 1.54) is 6.42 Å². The molecule has 132 valence electrons. The van der Waals surface area contributed by atoms with Crippen LogP contribution in [0.25, 0.3) is 0 Å². The first kappa shape index (κ1) is 17.2. The Balaban J connectivity index is 1.78. The lowest BCUT2D eigenvalue weighted by atomic mass is 10.1. The minimum absolute atomic E-state index is 0.115.